The minimum atomic E-state index is -0.757. The van der Waals surface area contributed by atoms with Gasteiger partial charge in [0.2, 0.25) is 12.4 Å². The molecule has 0 saturated carbocycles. The zero-order valence-corrected chi connectivity index (χ0v) is 24.2. The van der Waals surface area contributed by atoms with Crippen LogP contribution in [0.15, 0.2) is 77.8 Å². The van der Waals surface area contributed by atoms with Crippen molar-refractivity contribution in [3.63, 3.8) is 0 Å². The molecule has 0 atom stereocenters. The molecule has 0 aliphatic carbocycles. The van der Waals surface area contributed by atoms with Gasteiger partial charge in [-0.1, -0.05) is 37.6 Å². The minimum Gasteiger partial charge on any atom is -0.466 e. The fourth-order valence-electron chi connectivity index (χ4n) is 3.31. The van der Waals surface area contributed by atoms with Crippen LogP contribution in [0.5, 0.6) is 11.5 Å². The van der Waals surface area contributed by atoms with E-state index in [0.717, 1.165) is 10.5 Å². The Morgan fingerprint density at radius 2 is 1.56 bits per heavy atom. The second kappa shape index (κ2) is 17.3. The molecule has 0 aromatic heterocycles. The molecule has 3 aromatic rings. The maximum atomic E-state index is 13.1. The lowest BCUT2D eigenvalue weighted by molar-refractivity contribution is -0.143. The molecule has 0 heterocycles. The van der Waals surface area contributed by atoms with Crippen molar-refractivity contribution in [3.8, 4) is 11.5 Å². The number of amides is 3. The third-order valence-electron chi connectivity index (χ3n) is 5.28. The van der Waals surface area contributed by atoms with Gasteiger partial charge in [0.25, 0.3) is 0 Å². The van der Waals surface area contributed by atoms with Gasteiger partial charge >= 0.3 is 12.0 Å². The Labute approximate surface area is 244 Å². The molecule has 3 aromatic carbocycles. The Hall–Kier alpha value is -4.44. The number of esters is 1. The van der Waals surface area contributed by atoms with Crippen LogP contribution in [0.1, 0.15) is 32.8 Å². The van der Waals surface area contributed by atoms with Crippen LogP contribution >= 0.6 is 11.6 Å². The summed E-state index contributed by atoms with van der Waals surface area (Å²) >= 11 is 5.99. The van der Waals surface area contributed by atoms with Crippen molar-refractivity contribution >= 4 is 41.7 Å². The van der Waals surface area contributed by atoms with Crippen LogP contribution in [-0.2, 0) is 20.9 Å². The Morgan fingerprint density at radius 3 is 2.12 bits per heavy atom. The smallest absolute Gasteiger partial charge is 0.330 e. The second-order valence-electron chi connectivity index (χ2n) is 8.25. The van der Waals surface area contributed by atoms with Crippen molar-refractivity contribution in [1.82, 2.24) is 15.1 Å². The molecular weight excluding hydrogens is 551 g/mol. The van der Waals surface area contributed by atoms with Gasteiger partial charge in [-0.3, -0.25) is 19.8 Å². The molecule has 3 rings (SSSR count). The molecule has 218 valence electrons. The molecule has 3 amide bonds. The van der Waals surface area contributed by atoms with E-state index in [1.54, 1.807) is 55.3 Å². The van der Waals surface area contributed by atoms with E-state index >= 15 is 0 Å². The molecule has 0 spiro atoms. The highest BCUT2D eigenvalue weighted by molar-refractivity contribution is 6.30. The van der Waals surface area contributed by atoms with Gasteiger partial charge < -0.3 is 14.4 Å². The largest absolute Gasteiger partial charge is 0.466 e. The first kappa shape index (κ1) is 32.8. The quantitative estimate of drug-likeness (QED) is 0.126. The number of carbonyl (C=O) groups excluding carboxylic acids is 3. The van der Waals surface area contributed by atoms with Gasteiger partial charge in [-0.15, -0.1) is 0 Å². The normalized spacial score (nSPS) is 10.5. The van der Waals surface area contributed by atoms with Gasteiger partial charge in [-0.25, -0.2) is 14.2 Å². The van der Waals surface area contributed by atoms with Crippen LogP contribution in [-0.4, -0.2) is 54.4 Å². The first-order valence-electron chi connectivity index (χ1n) is 13.0. The summed E-state index contributed by atoms with van der Waals surface area (Å²) in [6.07, 6.45) is 0.204. The number of benzene rings is 3. The molecule has 0 unspecified atom stereocenters. The predicted molar refractivity (Wildman–Crippen MR) is 157 cm³/mol. The van der Waals surface area contributed by atoms with Crippen molar-refractivity contribution in [3.05, 3.63) is 89.2 Å². The van der Waals surface area contributed by atoms with Crippen molar-refractivity contribution in [1.29, 1.82) is 0 Å². The number of halogens is 2. The number of hydrogen-bond acceptors (Lipinski definition) is 6. The Kier molecular flexibility index (Phi) is 13.8. The lowest BCUT2D eigenvalue weighted by Crippen LogP contribution is -2.48. The third-order valence-corrected chi connectivity index (χ3v) is 5.54. The topological polar surface area (TPSA) is 101 Å². The first-order chi connectivity index (χ1) is 19.8. The van der Waals surface area contributed by atoms with Crippen LogP contribution in [0.3, 0.4) is 0 Å². The Bertz CT molecular complexity index is 1290. The minimum absolute atomic E-state index is 0.136. The SMILES string of the molecule is CC.CCOC(=O)CCN(C=O)C(=O)NC(=Nc1ccc(Oc2ccc(F)cc2)cc1)N(C)Cc1ccc(Cl)cc1. The molecule has 0 saturated heterocycles. The van der Waals surface area contributed by atoms with Crippen molar-refractivity contribution in [2.45, 2.75) is 33.7 Å². The highest BCUT2D eigenvalue weighted by Gasteiger charge is 2.19. The van der Waals surface area contributed by atoms with E-state index in [2.05, 4.69) is 10.3 Å². The lowest BCUT2D eigenvalue weighted by Gasteiger charge is -2.24. The van der Waals surface area contributed by atoms with Crippen LogP contribution in [0, 0.1) is 5.82 Å². The number of nitrogens with zero attached hydrogens (tertiary/aromatic N) is 3. The van der Waals surface area contributed by atoms with Gasteiger partial charge in [-0.2, -0.15) is 0 Å². The number of guanidine groups is 1. The molecule has 0 bridgehead atoms. The summed E-state index contributed by atoms with van der Waals surface area (Å²) in [4.78, 5) is 43.2. The summed E-state index contributed by atoms with van der Waals surface area (Å²) in [5, 5.41) is 3.24. The fourth-order valence-corrected chi connectivity index (χ4v) is 3.44. The number of urea groups is 1. The lowest BCUT2D eigenvalue weighted by atomic mass is 10.2. The molecule has 41 heavy (non-hydrogen) atoms. The molecule has 0 aliphatic rings. The summed E-state index contributed by atoms with van der Waals surface area (Å²) in [6, 6.07) is 18.8. The van der Waals surface area contributed by atoms with Gasteiger partial charge in [0.05, 0.1) is 18.7 Å². The van der Waals surface area contributed by atoms with Crippen LogP contribution in [0.25, 0.3) is 0 Å². The summed E-state index contributed by atoms with van der Waals surface area (Å²) in [6.45, 7) is 6.08. The van der Waals surface area contributed by atoms with E-state index < -0.39 is 12.0 Å². The predicted octanol–water partition coefficient (Wildman–Crippen LogP) is 6.54. The molecule has 0 aliphatic heterocycles. The van der Waals surface area contributed by atoms with Gasteiger partial charge in [0.15, 0.2) is 0 Å². The van der Waals surface area contributed by atoms with E-state index in [1.165, 1.54) is 24.3 Å². The highest BCUT2D eigenvalue weighted by atomic mass is 35.5. The van der Waals surface area contributed by atoms with Crippen LogP contribution in [0.2, 0.25) is 5.02 Å². The maximum Gasteiger partial charge on any atom is 0.330 e. The number of hydrogen-bond donors (Lipinski definition) is 1. The molecule has 11 heteroatoms. The average molecular weight is 585 g/mol. The number of imide groups is 1. The summed E-state index contributed by atoms with van der Waals surface area (Å²) in [7, 11) is 1.73. The van der Waals surface area contributed by atoms with Crippen molar-refractivity contribution in [2.75, 3.05) is 20.2 Å². The van der Waals surface area contributed by atoms with E-state index in [4.69, 9.17) is 21.1 Å². The van der Waals surface area contributed by atoms with Crippen LogP contribution < -0.4 is 10.1 Å². The molecule has 1 N–H and O–H groups in total. The highest BCUT2D eigenvalue weighted by Crippen LogP contribution is 2.24. The van der Waals surface area contributed by atoms with Gasteiger partial charge in [0.1, 0.15) is 17.3 Å². The number of ether oxygens (including phenoxy) is 2. The summed E-state index contributed by atoms with van der Waals surface area (Å²) in [5.74, 6) is 0.254. The third kappa shape index (κ3) is 11.3. The van der Waals surface area contributed by atoms with E-state index in [-0.39, 0.29) is 31.3 Å². The fraction of sp³-hybridized carbons (Fsp3) is 0.267. The van der Waals surface area contributed by atoms with Gasteiger partial charge in [0, 0.05) is 25.2 Å². The monoisotopic (exact) mass is 584 g/mol. The summed E-state index contributed by atoms with van der Waals surface area (Å²) in [5.41, 5.74) is 1.39. The van der Waals surface area contributed by atoms with Crippen molar-refractivity contribution < 1.29 is 28.2 Å². The summed E-state index contributed by atoms with van der Waals surface area (Å²) < 4.78 is 23.7. The molecular formula is C30H34ClFN4O5. The maximum absolute atomic E-state index is 13.1. The zero-order valence-electron chi connectivity index (χ0n) is 23.5. The number of rotatable bonds is 10. The molecule has 0 radical (unpaired) electrons. The Balaban J connectivity index is 0.00000287. The van der Waals surface area contributed by atoms with E-state index in [9.17, 15) is 18.8 Å². The zero-order chi connectivity index (χ0) is 30.2. The van der Waals surface area contributed by atoms with E-state index in [1.807, 2.05) is 26.0 Å². The van der Waals surface area contributed by atoms with Crippen molar-refractivity contribution in [2.24, 2.45) is 4.99 Å². The number of carbonyl (C=O) groups is 3. The second-order valence-corrected chi connectivity index (χ2v) is 8.69. The number of nitrogens with one attached hydrogen (secondary N) is 1. The van der Waals surface area contributed by atoms with Gasteiger partial charge in [-0.05, 0) is 73.2 Å². The average Bonchev–Trinajstić information content (AvgIpc) is 2.97. The standard InChI is InChI=1S/C28H28ClFN4O5.C2H6/c1-3-38-26(36)16-17-34(19-35)28(37)32-27(33(2)18-20-4-6-21(29)7-5-20)31-23-10-14-25(15-11-23)39-24-12-8-22(30)9-13-24;1-2/h4-15,19H,3,16-18H2,1-2H3,(H,31,32,37);1-2H3. The Morgan fingerprint density at radius 1 is 0.976 bits per heavy atom. The molecule has 9 nitrogen and oxygen atoms in total. The first-order valence-corrected chi connectivity index (χ1v) is 13.4. The number of aliphatic imine (C=N–C) groups is 1. The van der Waals surface area contributed by atoms with E-state index in [0.29, 0.717) is 35.2 Å². The molecule has 0 fully saturated rings. The van der Waals surface area contributed by atoms with Crippen LogP contribution in [0.4, 0.5) is 14.9 Å².